The summed E-state index contributed by atoms with van der Waals surface area (Å²) in [5.74, 6) is -1.00. The largest absolute Gasteiger partial charge is 0.481 e. The second-order valence-electron chi connectivity index (χ2n) is 8.67. The third kappa shape index (κ3) is 3.90. The van der Waals surface area contributed by atoms with Crippen LogP contribution in [0.3, 0.4) is 0 Å². The molecule has 1 aliphatic rings. The first-order valence-corrected chi connectivity index (χ1v) is 11.7. The van der Waals surface area contributed by atoms with E-state index in [2.05, 4.69) is 16.9 Å². The lowest BCUT2D eigenvalue weighted by atomic mass is 9.94. The van der Waals surface area contributed by atoms with Gasteiger partial charge in [-0.2, -0.15) is 0 Å². The summed E-state index contributed by atoms with van der Waals surface area (Å²) < 4.78 is 2.05. The van der Waals surface area contributed by atoms with Gasteiger partial charge in [-0.15, -0.1) is 0 Å². The molecule has 0 unspecified atom stereocenters. The van der Waals surface area contributed by atoms with Crippen molar-refractivity contribution in [1.82, 2.24) is 14.5 Å². The van der Waals surface area contributed by atoms with E-state index in [1.165, 1.54) is 0 Å². The molecule has 5 rings (SSSR count). The lowest BCUT2D eigenvalue weighted by Gasteiger charge is -2.20. The zero-order chi connectivity index (χ0) is 23.3. The van der Waals surface area contributed by atoms with Gasteiger partial charge >= 0.3 is 5.97 Å². The minimum atomic E-state index is -0.873. The number of hydrogen-bond donors (Lipinski definition) is 1. The molecule has 0 saturated heterocycles. The highest BCUT2D eigenvalue weighted by atomic mass is 35.5. The number of rotatable bonds is 6. The molecule has 2 aromatic carbocycles. The average molecular weight is 480 g/mol. The fraction of sp³-hybridized carbons (Fsp3) is 0.269. The first kappa shape index (κ1) is 21.9. The number of halogens is 2. The molecule has 1 saturated carbocycles. The number of nitrogens with zero attached hydrogens (tertiary/aromatic N) is 3. The first-order chi connectivity index (χ1) is 15.9. The third-order valence-electron chi connectivity index (χ3n) is 6.54. The summed E-state index contributed by atoms with van der Waals surface area (Å²) in [4.78, 5) is 20.8. The van der Waals surface area contributed by atoms with Crippen molar-refractivity contribution in [3.8, 4) is 11.3 Å². The van der Waals surface area contributed by atoms with Gasteiger partial charge in [0, 0.05) is 16.1 Å². The second-order valence-corrected chi connectivity index (χ2v) is 9.46. The lowest BCUT2D eigenvalue weighted by Crippen LogP contribution is -2.09. The van der Waals surface area contributed by atoms with E-state index in [4.69, 9.17) is 23.2 Å². The maximum Gasteiger partial charge on any atom is 0.310 e. The summed E-state index contributed by atoms with van der Waals surface area (Å²) in [6.07, 6.45) is 5.82. The van der Waals surface area contributed by atoms with E-state index >= 15 is 0 Å². The monoisotopic (exact) mass is 479 g/mol. The van der Waals surface area contributed by atoms with Gasteiger partial charge in [-0.25, -0.2) is 4.98 Å². The highest BCUT2D eigenvalue weighted by molar-refractivity contribution is 6.36. The predicted octanol–water partition coefficient (Wildman–Crippen LogP) is 7.08. The summed E-state index contributed by atoms with van der Waals surface area (Å²) in [6, 6.07) is 13.3. The number of carboxylic acids is 1. The fourth-order valence-electron chi connectivity index (χ4n) is 4.45. The van der Waals surface area contributed by atoms with E-state index in [-0.39, 0.29) is 6.04 Å². The van der Waals surface area contributed by atoms with E-state index in [0.717, 1.165) is 51.2 Å². The first-order valence-electron chi connectivity index (χ1n) is 11.0. The zero-order valence-electron chi connectivity index (χ0n) is 18.3. The number of imidazole rings is 1. The Balaban J connectivity index is 1.62. The Kier molecular flexibility index (Phi) is 5.63. The molecule has 2 heterocycles. The molecule has 1 N–H and O–H groups in total. The van der Waals surface area contributed by atoms with Crippen molar-refractivity contribution in [2.45, 2.75) is 44.6 Å². The molecule has 1 aliphatic carbocycles. The molecule has 0 radical (unpaired) electrons. The van der Waals surface area contributed by atoms with Crippen LogP contribution in [0.2, 0.25) is 10.0 Å². The van der Waals surface area contributed by atoms with E-state index in [1.807, 2.05) is 47.0 Å². The van der Waals surface area contributed by atoms with Gasteiger partial charge in [-0.3, -0.25) is 9.78 Å². The minimum Gasteiger partial charge on any atom is -0.481 e. The van der Waals surface area contributed by atoms with Crippen molar-refractivity contribution in [2.24, 2.45) is 0 Å². The predicted molar refractivity (Wildman–Crippen MR) is 131 cm³/mol. The van der Waals surface area contributed by atoms with Crippen LogP contribution in [-0.4, -0.2) is 25.6 Å². The Labute approximate surface area is 202 Å². The Morgan fingerprint density at radius 1 is 1.12 bits per heavy atom. The minimum absolute atomic E-state index is 0.142. The molecule has 0 spiro atoms. The van der Waals surface area contributed by atoms with Gasteiger partial charge in [0.2, 0.25) is 0 Å². The number of hydrogen-bond acceptors (Lipinski definition) is 3. The average Bonchev–Trinajstić information content (AvgIpc) is 3.56. The summed E-state index contributed by atoms with van der Waals surface area (Å²) in [7, 11) is 0. The Bertz CT molecular complexity index is 1380. The number of carbonyl (C=O) groups is 1. The molecule has 0 amide bonds. The Morgan fingerprint density at radius 2 is 1.88 bits per heavy atom. The number of aromatic nitrogens is 3. The molecule has 0 aliphatic heterocycles. The van der Waals surface area contributed by atoms with Crippen LogP contribution in [0, 0.1) is 0 Å². The molecule has 5 nitrogen and oxygen atoms in total. The van der Waals surface area contributed by atoms with E-state index in [9.17, 15) is 9.90 Å². The number of fused-ring (bicyclic) bond motifs is 1. The number of carboxylic acid groups (broad SMARTS) is 1. The van der Waals surface area contributed by atoms with Gasteiger partial charge in [-0.05, 0) is 55.9 Å². The van der Waals surface area contributed by atoms with Gasteiger partial charge in [0.15, 0.2) is 0 Å². The van der Waals surface area contributed by atoms with Gasteiger partial charge in [0.1, 0.15) is 5.52 Å². The Morgan fingerprint density at radius 3 is 2.61 bits per heavy atom. The fourth-order valence-corrected chi connectivity index (χ4v) is 5.29. The molecule has 0 bridgehead atoms. The summed E-state index contributed by atoms with van der Waals surface area (Å²) >= 11 is 13.5. The van der Waals surface area contributed by atoms with Crippen LogP contribution in [0.1, 0.15) is 61.3 Å². The standard InChI is InChI=1S/C26H23Cl2N3O2/c1-14(26(32)33)17-5-3-4-6-19(17)21-11-23-22(12-29-21)30-13-31(23)15(2)24-20(27)10-9-18(25(24)28)16-7-8-16/h3-6,9-16H,7-8H2,1-2H3,(H,32,33)/t14-,15-/m1/s1. The zero-order valence-corrected chi connectivity index (χ0v) is 19.8. The van der Waals surface area contributed by atoms with Gasteiger partial charge in [0.05, 0.1) is 40.7 Å². The second kappa shape index (κ2) is 8.47. The topological polar surface area (TPSA) is 68.0 Å². The smallest absolute Gasteiger partial charge is 0.310 e. The van der Waals surface area contributed by atoms with Crippen LogP contribution in [0.15, 0.2) is 55.0 Å². The van der Waals surface area contributed by atoms with Crippen LogP contribution >= 0.6 is 23.2 Å². The summed E-state index contributed by atoms with van der Waals surface area (Å²) in [5.41, 5.74) is 5.89. The third-order valence-corrected chi connectivity index (χ3v) is 7.29. The maximum atomic E-state index is 11.6. The SMILES string of the molecule is C[C@H](c1c(Cl)ccc(C2CC2)c1Cl)n1cnc2cnc(-c3ccccc3[C@@H](C)C(=O)O)cc21. The molecule has 2 atom stereocenters. The van der Waals surface area contributed by atoms with Crippen molar-refractivity contribution in [3.63, 3.8) is 0 Å². The number of benzene rings is 2. The maximum absolute atomic E-state index is 11.6. The van der Waals surface area contributed by atoms with Crippen molar-refractivity contribution in [2.75, 3.05) is 0 Å². The summed E-state index contributed by atoms with van der Waals surface area (Å²) in [5, 5.41) is 10.9. The van der Waals surface area contributed by atoms with Gasteiger partial charge in [0.25, 0.3) is 0 Å². The normalized spacial score (nSPS) is 15.5. The Hall–Kier alpha value is -2.89. The van der Waals surface area contributed by atoms with Crippen molar-refractivity contribution >= 4 is 40.2 Å². The van der Waals surface area contributed by atoms with Gasteiger partial charge in [-0.1, -0.05) is 53.5 Å². The number of aliphatic carboxylic acids is 1. The number of pyridine rings is 1. The highest BCUT2D eigenvalue weighted by Crippen LogP contribution is 2.47. The quantitative estimate of drug-likeness (QED) is 0.320. The van der Waals surface area contributed by atoms with Crippen molar-refractivity contribution in [1.29, 1.82) is 0 Å². The van der Waals surface area contributed by atoms with Crippen LogP contribution in [0.4, 0.5) is 0 Å². The molecule has 4 aromatic rings. The summed E-state index contributed by atoms with van der Waals surface area (Å²) in [6.45, 7) is 3.74. The molecular weight excluding hydrogens is 457 g/mol. The van der Waals surface area contributed by atoms with E-state index in [0.29, 0.717) is 16.6 Å². The lowest BCUT2D eigenvalue weighted by molar-refractivity contribution is -0.138. The van der Waals surface area contributed by atoms with Gasteiger partial charge < -0.3 is 9.67 Å². The molecule has 1 fully saturated rings. The van der Waals surface area contributed by atoms with Crippen LogP contribution in [0.5, 0.6) is 0 Å². The van der Waals surface area contributed by atoms with Crippen LogP contribution in [0.25, 0.3) is 22.3 Å². The van der Waals surface area contributed by atoms with E-state index < -0.39 is 11.9 Å². The van der Waals surface area contributed by atoms with Crippen molar-refractivity contribution < 1.29 is 9.90 Å². The molecule has 33 heavy (non-hydrogen) atoms. The molecule has 2 aromatic heterocycles. The molecule has 168 valence electrons. The molecular formula is C26H23Cl2N3O2. The van der Waals surface area contributed by atoms with Crippen molar-refractivity contribution in [3.05, 3.63) is 81.7 Å². The highest BCUT2D eigenvalue weighted by Gasteiger charge is 2.29. The van der Waals surface area contributed by atoms with Crippen LogP contribution in [-0.2, 0) is 4.79 Å². The molecule has 7 heteroatoms. The van der Waals surface area contributed by atoms with Crippen LogP contribution < -0.4 is 0 Å². The van der Waals surface area contributed by atoms with E-state index in [1.54, 1.807) is 19.4 Å².